The van der Waals surface area contributed by atoms with E-state index < -0.39 is 0 Å². The lowest BCUT2D eigenvalue weighted by Gasteiger charge is -2.21. The fourth-order valence-electron chi connectivity index (χ4n) is 8.77. The molecule has 6 heterocycles. The summed E-state index contributed by atoms with van der Waals surface area (Å²) in [4.78, 5) is 27.1. The first-order valence-corrected chi connectivity index (χ1v) is 18.5. The van der Waals surface area contributed by atoms with Crippen LogP contribution in [0, 0.1) is 13.8 Å². The van der Waals surface area contributed by atoms with E-state index in [1.54, 1.807) is 12.7 Å². The third kappa shape index (κ3) is 4.76. The molecule has 0 bridgehead atoms. The Kier molecular flexibility index (Phi) is 6.76. The molecule has 11 rings (SSSR count). The maximum absolute atomic E-state index is 4.92. The summed E-state index contributed by atoms with van der Waals surface area (Å²) in [5.41, 5.74) is 18.1. The van der Waals surface area contributed by atoms with Crippen molar-refractivity contribution in [2.45, 2.75) is 39.5 Å². The van der Waals surface area contributed by atoms with Crippen molar-refractivity contribution >= 4 is 44.4 Å². The van der Waals surface area contributed by atoms with Crippen LogP contribution in [-0.4, -0.2) is 39.0 Å². The highest BCUT2D eigenvalue weighted by Crippen LogP contribution is 2.45. The summed E-state index contributed by atoms with van der Waals surface area (Å²) in [7, 11) is 0. The van der Waals surface area contributed by atoms with Gasteiger partial charge < -0.3 is 0 Å². The number of rotatable bonds is 4. The Hall–Kier alpha value is -6.80. The highest BCUT2D eigenvalue weighted by molar-refractivity contribution is 6.12. The molecule has 0 atom stereocenters. The average molecular weight is 699 g/mol. The minimum atomic E-state index is 0.906. The molecule has 8 nitrogen and oxygen atoms in total. The Morgan fingerprint density at radius 1 is 0.500 bits per heavy atom. The Morgan fingerprint density at radius 2 is 1.09 bits per heavy atom. The summed E-state index contributed by atoms with van der Waals surface area (Å²) in [6.45, 7) is 4.26. The second kappa shape index (κ2) is 11.9. The highest BCUT2D eigenvalue weighted by atomic mass is 15.1. The number of benzene rings is 3. The van der Waals surface area contributed by atoms with E-state index in [9.17, 15) is 0 Å². The van der Waals surface area contributed by atoms with Gasteiger partial charge in [0.25, 0.3) is 0 Å². The lowest BCUT2D eigenvalue weighted by atomic mass is 9.83. The maximum atomic E-state index is 4.92. The molecule has 0 saturated carbocycles. The lowest BCUT2D eigenvalue weighted by Crippen LogP contribution is -2.07. The summed E-state index contributed by atoms with van der Waals surface area (Å²) >= 11 is 0. The van der Waals surface area contributed by atoms with Gasteiger partial charge >= 0.3 is 0 Å². The molecule has 0 aliphatic heterocycles. The highest BCUT2D eigenvalue weighted by Gasteiger charge is 2.27. The maximum Gasteiger partial charge on any atom is 0.137 e. The molecule has 6 aromatic heterocycles. The molecule has 8 heteroatoms. The van der Waals surface area contributed by atoms with Crippen LogP contribution in [0.5, 0.6) is 0 Å². The summed E-state index contributed by atoms with van der Waals surface area (Å²) in [5.74, 6) is 1.87. The SMILES string of the molecule is Cc1ccnc(-n2c3c(c4cc5c(cc42)-c2cc4c(cc2CC5)c2cc(-c5cncnc5)ccc2n4-c2cc(C)ccn2)C=C(c2cncnc2)CC3)c1. The van der Waals surface area contributed by atoms with Crippen LogP contribution >= 0.6 is 0 Å². The van der Waals surface area contributed by atoms with Gasteiger partial charge in [0.05, 0.1) is 16.6 Å². The minimum Gasteiger partial charge on any atom is -0.298 e. The standard InChI is InChI=1S/C46H34N8/c1-27-9-11-51-45(13-27)53-41-7-5-29(33-21-47-25-48-22-33)15-37(41)39-17-31-3-4-32-18-40-38-16-30(34-23-49-26-50-24-34)6-8-42(38)54(46-14-28(2)10-12-52-46)44(40)20-36(32)35(31)19-43(39)53/h5,7,9-26H,3-4,6,8H2,1-2H3. The smallest absolute Gasteiger partial charge is 0.137 e. The van der Waals surface area contributed by atoms with Crippen molar-refractivity contribution in [1.82, 2.24) is 39.0 Å². The van der Waals surface area contributed by atoms with Gasteiger partial charge in [-0.25, -0.2) is 29.9 Å². The number of nitrogens with zero attached hydrogens (tertiary/aromatic N) is 8. The van der Waals surface area contributed by atoms with Crippen molar-refractivity contribution < 1.29 is 0 Å². The number of hydrogen-bond donors (Lipinski definition) is 0. The van der Waals surface area contributed by atoms with Crippen LogP contribution in [0.15, 0.2) is 117 Å². The van der Waals surface area contributed by atoms with Crippen molar-refractivity contribution in [2.24, 2.45) is 0 Å². The van der Waals surface area contributed by atoms with E-state index in [-0.39, 0.29) is 0 Å². The molecular weight excluding hydrogens is 665 g/mol. The molecular formula is C46H34N8. The Balaban J connectivity index is 1.17. The monoisotopic (exact) mass is 698 g/mol. The van der Waals surface area contributed by atoms with Gasteiger partial charge in [-0.1, -0.05) is 6.07 Å². The van der Waals surface area contributed by atoms with Gasteiger partial charge in [-0.15, -0.1) is 0 Å². The molecule has 3 aromatic carbocycles. The van der Waals surface area contributed by atoms with Gasteiger partial charge in [0.2, 0.25) is 0 Å². The van der Waals surface area contributed by atoms with Gasteiger partial charge in [0, 0.05) is 75.7 Å². The van der Waals surface area contributed by atoms with Crippen molar-refractivity contribution in [2.75, 3.05) is 0 Å². The predicted molar refractivity (Wildman–Crippen MR) is 215 cm³/mol. The third-order valence-corrected chi connectivity index (χ3v) is 11.3. The fourth-order valence-corrected chi connectivity index (χ4v) is 8.77. The zero-order valence-electron chi connectivity index (χ0n) is 30.0. The molecule has 0 amide bonds. The second-order valence-corrected chi connectivity index (χ2v) is 14.6. The van der Waals surface area contributed by atoms with Gasteiger partial charge in [-0.3, -0.25) is 9.13 Å². The van der Waals surface area contributed by atoms with Crippen LogP contribution in [0.25, 0.3) is 78.2 Å². The molecule has 54 heavy (non-hydrogen) atoms. The predicted octanol–water partition coefficient (Wildman–Crippen LogP) is 9.63. The molecule has 2 aliphatic rings. The van der Waals surface area contributed by atoms with Crippen molar-refractivity contribution in [3.63, 3.8) is 0 Å². The molecule has 0 fully saturated rings. The number of hydrogen-bond acceptors (Lipinski definition) is 6. The van der Waals surface area contributed by atoms with Gasteiger partial charge in [0.1, 0.15) is 24.3 Å². The Morgan fingerprint density at radius 3 is 1.76 bits per heavy atom. The van der Waals surface area contributed by atoms with Crippen LogP contribution in [0.3, 0.4) is 0 Å². The first-order chi connectivity index (χ1) is 26.6. The quantitative estimate of drug-likeness (QED) is 0.182. The van der Waals surface area contributed by atoms with Crippen LogP contribution in [0.2, 0.25) is 0 Å². The Bertz CT molecular complexity index is 3010. The summed E-state index contributed by atoms with van der Waals surface area (Å²) < 4.78 is 4.73. The van der Waals surface area contributed by atoms with Crippen molar-refractivity contribution in [1.29, 1.82) is 0 Å². The third-order valence-electron chi connectivity index (χ3n) is 11.3. The molecule has 0 unspecified atom stereocenters. The lowest BCUT2D eigenvalue weighted by molar-refractivity contribution is 0.876. The Labute approximate surface area is 311 Å². The molecule has 2 aliphatic carbocycles. The van der Waals surface area contributed by atoms with E-state index in [2.05, 4.69) is 116 Å². The first kappa shape index (κ1) is 30.8. The molecule has 9 aromatic rings. The summed E-state index contributed by atoms with van der Waals surface area (Å²) in [6, 6.07) is 24.9. The van der Waals surface area contributed by atoms with Crippen molar-refractivity contribution in [3.05, 3.63) is 156 Å². The van der Waals surface area contributed by atoms with Crippen LogP contribution in [-0.2, 0) is 19.3 Å². The number of allylic oxidation sites excluding steroid dienone is 1. The van der Waals surface area contributed by atoms with E-state index in [4.69, 9.17) is 9.97 Å². The van der Waals surface area contributed by atoms with Crippen LogP contribution in [0.4, 0.5) is 0 Å². The fraction of sp³-hybridized carbons (Fsp3) is 0.130. The minimum absolute atomic E-state index is 0.906. The zero-order chi connectivity index (χ0) is 35.9. The molecule has 0 spiro atoms. The number of fused-ring (bicyclic) bond motifs is 9. The van der Waals surface area contributed by atoms with E-state index in [0.717, 1.165) is 65.0 Å². The number of aryl methyl sites for hydroxylation is 4. The van der Waals surface area contributed by atoms with E-state index in [1.165, 1.54) is 71.9 Å². The largest absolute Gasteiger partial charge is 0.298 e. The van der Waals surface area contributed by atoms with Gasteiger partial charge in [0.15, 0.2) is 0 Å². The first-order valence-electron chi connectivity index (χ1n) is 18.5. The van der Waals surface area contributed by atoms with Gasteiger partial charge in [-0.2, -0.15) is 0 Å². The number of aromatic nitrogens is 8. The second-order valence-electron chi connectivity index (χ2n) is 14.6. The number of pyridine rings is 2. The summed E-state index contributed by atoms with van der Waals surface area (Å²) in [6.07, 6.45) is 20.7. The normalized spacial score (nSPS) is 13.6. The van der Waals surface area contributed by atoms with E-state index in [0.29, 0.717) is 0 Å². The molecule has 0 radical (unpaired) electrons. The van der Waals surface area contributed by atoms with Crippen LogP contribution < -0.4 is 0 Å². The van der Waals surface area contributed by atoms with Crippen molar-refractivity contribution in [3.8, 4) is 33.9 Å². The molecule has 0 N–H and O–H groups in total. The molecule has 258 valence electrons. The zero-order valence-corrected chi connectivity index (χ0v) is 30.0. The summed E-state index contributed by atoms with van der Waals surface area (Å²) in [5, 5.41) is 3.68. The average Bonchev–Trinajstić information content (AvgIpc) is 3.70. The topological polar surface area (TPSA) is 87.2 Å². The van der Waals surface area contributed by atoms with E-state index >= 15 is 0 Å². The van der Waals surface area contributed by atoms with Crippen LogP contribution in [0.1, 0.15) is 45.5 Å². The van der Waals surface area contributed by atoms with E-state index in [1.807, 2.05) is 37.2 Å². The molecule has 0 saturated heterocycles. The van der Waals surface area contributed by atoms with Gasteiger partial charge in [-0.05, 0) is 151 Å².